The highest BCUT2D eigenvalue weighted by atomic mass is 127. The van der Waals surface area contributed by atoms with Crippen LogP contribution >= 0.6 is 22.6 Å². The van der Waals surface area contributed by atoms with Crippen molar-refractivity contribution >= 4 is 34.5 Å². The average molecular weight is 526 g/mol. The number of aromatic nitrogens is 2. The number of hydrogen-bond acceptors (Lipinski definition) is 9. The van der Waals surface area contributed by atoms with E-state index in [9.17, 15) is 24.3 Å². The number of hydrogen-bond donors (Lipinski definition) is 2. The molecular weight excluding hydrogens is 503 g/mol. The fourth-order valence-corrected chi connectivity index (χ4v) is 3.69. The van der Waals surface area contributed by atoms with E-state index in [1.54, 1.807) is 6.92 Å². The molecule has 2 heterocycles. The minimum Gasteiger partial charge on any atom is -0.463 e. The van der Waals surface area contributed by atoms with Crippen LogP contribution in [0.3, 0.4) is 0 Å². The Labute approximate surface area is 179 Å². The van der Waals surface area contributed by atoms with Gasteiger partial charge < -0.3 is 24.1 Å². The molecule has 0 aromatic carbocycles. The van der Waals surface area contributed by atoms with Crippen LogP contribution in [0.1, 0.15) is 38.7 Å². The molecule has 0 spiro atoms. The van der Waals surface area contributed by atoms with Gasteiger partial charge in [-0.2, -0.15) is 0 Å². The summed E-state index contributed by atoms with van der Waals surface area (Å²) in [6, 6.07) is 0. The van der Waals surface area contributed by atoms with Crippen molar-refractivity contribution in [3.8, 4) is 0 Å². The van der Waals surface area contributed by atoms with Gasteiger partial charge >= 0.3 is 17.6 Å². The van der Waals surface area contributed by atoms with Crippen LogP contribution in [0.5, 0.6) is 0 Å². The van der Waals surface area contributed by atoms with Crippen molar-refractivity contribution in [2.75, 3.05) is 17.6 Å². The highest BCUT2D eigenvalue weighted by molar-refractivity contribution is 14.1. The molecule has 5 atom stereocenters. The molecule has 0 bridgehead atoms. The second-order valence-corrected chi connectivity index (χ2v) is 7.16. The molecule has 1 aromatic rings. The lowest BCUT2D eigenvalue weighted by molar-refractivity contribution is -0.157. The Morgan fingerprint density at radius 1 is 1.34 bits per heavy atom. The average Bonchev–Trinajstić information content (AvgIpc) is 2.94. The molecule has 162 valence electrons. The van der Waals surface area contributed by atoms with Crippen molar-refractivity contribution in [1.29, 1.82) is 0 Å². The smallest absolute Gasteiger partial charge is 0.330 e. The SMILES string of the molecule is CCOC(CI)c1cn([C@@H]2O[C@H](COC(C)=O)[C@@H](OC(C)=O)[C@H]2O)c(=O)[nH]c1=O. The minimum absolute atomic E-state index is 0.184. The number of nitrogens with one attached hydrogen (secondary N) is 1. The van der Waals surface area contributed by atoms with Crippen molar-refractivity contribution in [3.05, 3.63) is 32.6 Å². The van der Waals surface area contributed by atoms with E-state index in [-0.39, 0.29) is 12.2 Å². The Bertz CT molecular complexity index is 852. The second-order valence-electron chi connectivity index (χ2n) is 6.28. The first-order valence-corrected chi connectivity index (χ1v) is 10.4. The van der Waals surface area contributed by atoms with E-state index in [1.807, 2.05) is 0 Å². The van der Waals surface area contributed by atoms with E-state index < -0.39 is 53.8 Å². The van der Waals surface area contributed by atoms with E-state index in [4.69, 9.17) is 18.9 Å². The molecule has 11 nitrogen and oxygen atoms in total. The van der Waals surface area contributed by atoms with Gasteiger partial charge in [0.15, 0.2) is 12.3 Å². The van der Waals surface area contributed by atoms with E-state index in [1.165, 1.54) is 13.1 Å². The van der Waals surface area contributed by atoms with E-state index in [0.29, 0.717) is 11.0 Å². The Morgan fingerprint density at radius 2 is 2.03 bits per heavy atom. The van der Waals surface area contributed by atoms with Crippen molar-refractivity contribution in [2.45, 2.75) is 51.4 Å². The first-order valence-electron chi connectivity index (χ1n) is 8.86. The van der Waals surface area contributed by atoms with Crippen LogP contribution in [0, 0.1) is 0 Å². The summed E-state index contributed by atoms with van der Waals surface area (Å²) in [5.74, 6) is -1.26. The quantitative estimate of drug-likeness (QED) is 0.267. The van der Waals surface area contributed by atoms with Crippen LogP contribution < -0.4 is 11.2 Å². The number of nitrogens with zero attached hydrogens (tertiary/aromatic N) is 1. The second kappa shape index (κ2) is 10.3. The van der Waals surface area contributed by atoms with E-state index in [0.717, 1.165) is 11.5 Å². The van der Waals surface area contributed by atoms with E-state index in [2.05, 4.69) is 27.6 Å². The number of aliphatic hydroxyl groups excluding tert-OH is 1. The summed E-state index contributed by atoms with van der Waals surface area (Å²) in [4.78, 5) is 49.3. The lowest BCUT2D eigenvalue weighted by Crippen LogP contribution is -2.41. The predicted molar refractivity (Wildman–Crippen MR) is 107 cm³/mol. The van der Waals surface area contributed by atoms with Crippen LogP contribution in [0.25, 0.3) is 0 Å². The molecule has 2 rings (SSSR count). The molecule has 0 aliphatic carbocycles. The van der Waals surface area contributed by atoms with Crippen LogP contribution in [0.4, 0.5) is 0 Å². The molecular formula is C17H23IN2O9. The maximum absolute atomic E-state index is 12.4. The van der Waals surface area contributed by atoms with Crippen LogP contribution in [-0.4, -0.2) is 62.5 Å². The fourth-order valence-electron chi connectivity index (χ4n) is 2.96. The summed E-state index contributed by atoms with van der Waals surface area (Å²) >= 11 is 2.05. The van der Waals surface area contributed by atoms with Gasteiger partial charge in [-0.05, 0) is 6.92 Å². The molecule has 1 saturated heterocycles. The van der Waals surface area contributed by atoms with Crippen molar-refractivity contribution < 1.29 is 33.6 Å². The number of ether oxygens (including phenoxy) is 4. The van der Waals surface area contributed by atoms with Gasteiger partial charge in [0.2, 0.25) is 0 Å². The maximum atomic E-state index is 12.4. The number of alkyl halides is 1. The van der Waals surface area contributed by atoms with Crippen molar-refractivity contribution in [1.82, 2.24) is 9.55 Å². The number of aliphatic hydroxyl groups is 1. The van der Waals surface area contributed by atoms with Gasteiger partial charge in [-0.25, -0.2) is 4.79 Å². The Balaban J connectivity index is 2.41. The monoisotopic (exact) mass is 526 g/mol. The van der Waals surface area contributed by atoms with Gasteiger partial charge in [0.1, 0.15) is 18.8 Å². The lowest BCUT2D eigenvalue weighted by atomic mass is 10.1. The van der Waals surface area contributed by atoms with Crippen LogP contribution in [-0.2, 0) is 28.5 Å². The van der Waals surface area contributed by atoms with Gasteiger partial charge in [-0.3, -0.25) is 23.9 Å². The minimum atomic E-state index is -1.44. The summed E-state index contributed by atoms with van der Waals surface area (Å²) in [6.45, 7) is 4.19. The Kier molecular flexibility index (Phi) is 8.36. The van der Waals surface area contributed by atoms with E-state index >= 15 is 0 Å². The first kappa shape index (κ1) is 23.5. The molecule has 29 heavy (non-hydrogen) atoms. The van der Waals surface area contributed by atoms with Crippen LogP contribution in [0.15, 0.2) is 15.8 Å². The summed E-state index contributed by atoms with van der Waals surface area (Å²) < 4.78 is 22.7. The molecule has 2 N–H and O–H groups in total. The number of H-pyrrole nitrogens is 1. The van der Waals surface area contributed by atoms with Gasteiger partial charge in [-0.1, -0.05) is 22.6 Å². The molecule has 1 aliphatic heterocycles. The Morgan fingerprint density at radius 3 is 2.59 bits per heavy atom. The highest BCUT2D eigenvalue weighted by Gasteiger charge is 2.48. The van der Waals surface area contributed by atoms with Gasteiger partial charge in [0, 0.05) is 31.1 Å². The lowest BCUT2D eigenvalue weighted by Gasteiger charge is -2.21. The highest BCUT2D eigenvalue weighted by Crippen LogP contribution is 2.31. The fraction of sp³-hybridized carbons (Fsp3) is 0.647. The number of halogens is 1. The number of rotatable bonds is 8. The molecule has 12 heteroatoms. The van der Waals surface area contributed by atoms with Crippen molar-refractivity contribution in [2.24, 2.45) is 0 Å². The topological polar surface area (TPSA) is 146 Å². The summed E-state index contributed by atoms with van der Waals surface area (Å²) in [5.41, 5.74) is -1.24. The van der Waals surface area contributed by atoms with Crippen LogP contribution in [0.2, 0.25) is 0 Å². The summed E-state index contributed by atoms with van der Waals surface area (Å²) in [6.07, 6.45) is -4.22. The third kappa shape index (κ3) is 5.65. The third-order valence-corrected chi connectivity index (χ3v) is 4.99. The normalized spacial score (nSPS) is 24.9. The third-order valence-electron chi connectivity index (χ3n) is 4.19. The summed E-state index contributed by atoms with van der Waals surface area (Å²) in [7, 11) is 0. The molecule has 1 unspecified atom stereocenters. The predicted octanol–water partition coefficient (Wildman–Crippen LogP) is -0.198. The molecule has 0 radical (unpaired) electrons. The standard InChI is InChI=1S/C17H23IN2O9/c1-4-26-11(5-18)10-6-20(17(25)19-15(10)24)16-13(23)14(28-9(3)22)12(29-16)7-27-8(2)21/h6,11-14,16,23H,4-5,7H2,1-3H3,(H,19,24,25)/t11?,12-,13-,14-,16-/m1/s1. The zero-order chi connectivity index (χ0) is 21.7. The first-order chi connectivity index (χ1) is 13.7. The number of esters is 2. The number of carbonyl (C=O) groups is 2. The van der Waals surface area contributed by atoms with Gasteiger partial charge in [0.05, 0.1) is 11.7 Å². The molecule has 1 aromatic heterocycles. The van der Waals surface area contributed by atoms with Gasteiger partial charge in [-0.15, -0.1) is 0 Å². The zero-order valence-electron chi connectivity index (χ0n) is 16.1. The zero-order valence-corrected chi connectivity index (χ0v) is 18.3. The Hall–Kier alpha value is -1.77. The molecule has 1 fully saturated rings. The molecule has 1 aliphatic rings. The molecule has 0 amide bonds. The summed E-state index contributed by atoms with van der Waals surface area (Å²) in [5, 5.41) is 10.6. The number of aromatic amines is 1. The van der Waals surface area contributed by atoms with Gasteiger partial charge in [0.25, 0.3) is 5.56 Å². The van der Waals surface area contributed by atoms with Crippen molar-refractivity contribution in [3.63, 3.8) is 0 Å². The largest absolute Gasteiger partial charge is 0.463 e. The maximum Gasteiger partial charge on any atom is 0.330 e. The number of carbonyl (C=O) groups excluding carboxylic acids is 2. The molecule has 0 saturated carbocycles.